The average molecular weight is 1220 g/mol. The van der Waals surface area contributed by atoms with E-state index in [0.29, 0.717) is 22.3 Å². The zero-order chi connectivity index (χ0) is 64.8. The van der Waals surface area contributed by atoms with Crippen molar-refractivity contribution >= 4 is 23.8 Å². The van der Waals surface area contributed by atoms with Gasteiger partial charge in [0.2, 0.25) is 0 Å². The number of nitrogens with one attached hydrogen (secondary N) is 2. The molecule has 0 aromatic heterocycles. The molecular formula is C62H94N2O22. The molecule has 86 heavy (non-hydrogen) atoms. The summed E-state index contributed by atoms with van der Waals surface area (Å²) >= 11 is 0. The maximum atomic E-state index is 12.9. The van der Waals surface area contributed by atoms with Crippen molar-refractivity contribution in [3.8, 4) is 23.0 Å². The van der Waals surface area contributed by atoms with Crippen LogP contribution in [0.25, 0.3) is 0 Å². The molecule has 2 fully saturated rings. The molecule has 2 aromatic carbocycles. The SMILES string of the molecule is C=C(C)CC(OC)C(O)C(=O)N[C@H](OC)[C@@H]1C[C@@H](O)C(C)(C)[C@@H](CC(O)[C@@H](C)C2Cc3c(C)c(O)cc(O)c3C(=O)O2)O1.C=C(C)CC(OC)[C@H](O)C(=O)N[C@@H](OC)[C@@H]1C[C@@H](O)C(C)(C)[C@@H](C[C@H](O)[C@@H](C)C2Cc3c(C)c(O)cc(O)c3C(=O)O2)O1. The topological polar surface area (TPSA) is 368 Å². The smallest absolute Gasteiger partial charge is 0.342 e. The first-order valence-corrected chi connectivity index (χ1v) is 29.0. The van der Waals surface area contributed by atoms with E-state index >= 15 is 0 Å². The summed E-state index contributed by atoms with van der Waals surface area (Å²) in [5.74, 6) is -5.13. The average Bonchev–Trinajstić information content (AvgIpc) is 1.24. The standard InChI is InChI=1S/2C31H47NO11/c2*1-14(2)9-22(40-7)27(37)28(38)32-29(41-8)23-13-24(36)31(5,6)25(42-23)12-19(34)16(4)21-10-17-15(3)18(33)11-20(35)26(17)30(39)43-21/h2*11,16,19,21-25,27,29,33-37H,1,9-10,12-13H2,2-8H3,(H,32,38)/t16-,19?,21?,22?,23+,24-,25-,27?,29-;16-,19+,21?,22?,23+,24-,25-,27+,29+/m11/s1. The first kappa shape index (κ1) is 71.3. The number of hydrogen-bond donors (Lipinski definition) is 12. The summed E-state index contributed by atoms with van der Waals surface area (Å²) < 4.78 is 45.4. The number of aliphatic hydroxyl groups is 6. The Morgan fingerprint density at radius 1 is 0.593 bits per heavy atom. The maximum Gasteiger partial charge on any atom is 0.342 e. The van der Waals surface area contributed by atoms with Gasteiger partial charge in [0.15, 0.2) is 24.7 Å². The van der Waals surface area contributed by atoms with E-state index in [1.54, 1.807) is 41.5 Å². The van der Waals surface area contributed by atoms with Crippen molar-refractivity contribution in [2.24, 2.45) is 22.7 Å². The van der Waals surface area contributed by atoms with Crippen molar-refractivity contribution < 1.29 is 108 Å². The number of esters is 2. The number of cyclic esters (lactones) is 2. The van der Waals surface area contributed by atoms with Crippen molar-refractivity contribution in [3.63, 3.8) is 0 Å². The third-order valence-electron chi connectivity index (χ3n) is 18.0. The first-order valence-electron chi connectivity index (χ1n) is 29.0. The minimum Gasteiger partial charge on any atom is -0.508 e. The quantitative estimate of drug-likeness (QED) is 0.0405. The third kappa shape index (κ3) is 16.2. The number of carbonyl (C=O) groups is 4. The molecule has 0 saturated carbocycles. The molecule has 6 rings (SSSR count). The summed E-state index contributed by atoms with van der Waals surface area (Å²) in [6.45, 7) is 25.1. The summed E-state index contributed by atoms with van der Waals surface area (Å²) in [5.41, 5.74) is 1.70. The fraction of sp³-hybridized carbons (Fsp3) is 0.677. The monoisotopic (exact) mass is 1220 g/mol. The van der Waals surface area contributed by atoms with Gasteiger partial charge in [-0.1, -0.05) is 52.7 Å². The number of rotatable bonds is 24. The molecule has 4 heterocycles. The minimum atomic E-state index is -1.50. The number of methoxy groups -OCH3 is 4. The zero-order valence-electron chi connectivity index (χ0n) is 52.0. The Bertz CT molecular complexity index is 2550. The van der Waals surface area contributed by atoms with Crippen molar-refractivity contribution in [3.05, 3.63) is 69.8 Å². The zero-order valence-corrected chi connectivity index (χ0v) is 52.0. The second-order valence-electron chi connectivity index (χ2n) is 25.0. The molecule has 24 heteroatoms. The summed E-state index contributed by atoms with van der Waals surface area (Å²) in [5, 5.41) is 112. The number of aliphatic hydroxyl groups excluding tert-OH is 6. The molecule has 4 aliphatic heterocycles. The molecule has 0 spiro atoms. The van der Waals surface area contributed by atoms with Gasteiger partial charge in [0.25, 0.3) is 11.8 Å². The Morgan fingerprint density at radius 2 is 0.919 bits per heavy atom. The fourth-order valence-electron chi connectivity index (χ4n) is 11.6. The van der Waals surface area contributed by atoms with Crippen LogP contribution in [0.15, 0.2) is 36.4 Å². The molecular weight excluding hydrogens is 1120 g/mol. The Labute approximate surface area is 503 Å². The number of ether oxygens (including phenoxy) is 8. The fourth-order valence-corrected chi connectivity index (χ4v) is 11.6. The van der Waals surface area contributed by atoms with E-state index in [-0.39, 0.29) is 85.5 Å². The van der Waals surface area contributed by atoms with Gasteiger partial charge < -0.3 is 99.6 Å². The molecule has 0 aliphatic carbocycles. The number of phenolic OH excluding ortho intramolecular Hbond substituents is 4. The number of amides is 2. The van der Waals surface area contributed by atoms with Gasteiger partial charge in [0.1, 0.15) is 58.5 Å². The predicted molar refractivity (Wildman–Crippen MR) is 311 cm³/mol. The normalized spacial score (nSPS) is 26.8. The molecule has 2 amide bonds. The van der Waals surface area contributed by atoms with Gasteiger partial charge in [-0.15, -0.1) is 13.2 Å². The van der Waals surface area contributed by atoms with Gasteiger partial charge in [-0.05, 0) is 62.8 Å². The predicted octanol–water partition coefficient (Wildman–Crippen LogP) is 3.70. The van der Waals surface area contributed by atoms with E-state index in [4.69, 9.17) is 37.9 Å². The van der Waals surface area contributed by atoms with Gasteiger partial charge in [0.05, 0.1) is 48.8 Å². The van der Waals surface area contributed by atoms with E-state index in [9.17, 15) is 70.2 Å². The highest BCUT2D eigenvalue weighted by atomic mass is 16.6. The molecule has 6 unspecified atom stereocenters. The Hall–Kier alpha value is -5.48. The van der Waals surface area contributed by atoms with E-state index in [2.05, 4.69) is 23.8 Å². The lowest BCUT2D eigenvalue weighted by atomic mass is 9.73. The summed E-state index contributed by atoms with van der Waals surface area (Å²) in [6, 6.07) is 2.21. The first-order chi connectivity index (χ1) is 40.0. The molecule has 4 aliphatic rings. The lowest BCUT2D eigenvalue weighted by molar-refractivity contribution is -0.217. The molecule has 24 nitrogen and oxygen atoms in total. The van der Waals surface area contributed by atoms with E-state index in [0.717, 1.165) is 23.3 Å². The molecule has 0 bridgehead atoms. The lowest BCUT2D eigenvalue weighted by Gasteiger charge is -2.48. The van der Waals surface area contributed by atoms with E-state index < -0.39 is 144 Å². The van der Waals surface area contributed by atoms with Crippen LogP contribution in [0.3, 0.4) is 0 Å². The molecule has 484 valence electrons. The van der Waals surface area contributed by atoms with Crippen molar-refractivity contribution in [2.45, 2.75) is 219 Å². The number of carbonyl (C=O) groups excluding carboxylic acids is 4. The Morgan fingerprint density at radius 3 is 1.21 bits per heavy atom. The van der Waals surface area contributed by atoms with Crippen LogP contribution >= 0.6 is 0 Å². The highest BCUT2D eigenvalue weighted by Gasteiger charge is 2.51. The minimum absolute atomic E-state index is 0.00479. The lowest BCUT2D eigenvalue weighted by Crippen LogP contribution is -2.59. The summed E-state index contributed by atoms with van der Waals surface area (Å²) in [4.78, 5) is 51.3. The molecule has 12 N–H and O–H groups in total. The number of aromatic hydroxyl groups is 4. The second-order valence-corrected chi connectivity index (χ2v) is 25.0. The van der Waals surface area contributed by atoms with Crippen LogP contribution in [-0.2, 0) is 60.3 Å². The van der Waals surface area contributed by atoms with Gasteiger partial charge in [0, 0.05) is 102 Å². The second kappa shape index (κ2) is 29.7. The van der Waals surface area contributed by atoms with Crippen LogP contribution in [0.1, 0.15) is 137 Å². The highest BCUT2D eigenvalue weighted by Crippen LogP contribution is 2.45. The molecule has 0 radical (unpaired) electrons. The van der Waals surface area contributed by atoms with Crippen LogP contribution in [0.4, 0.5) is 0 Å². The Balaban J connectivity index is 0.000000314. The van der Waals surface area contributed by atoms with Crippen molar-refractivity contribution in [1.82, 2.24) is 10.6 Å². The van der Waals surface area contributed by atoms with Crippen LogP contribution in [0, 0.1) is 36.5 Å². The van der Waals surface area contributed by atoms with Gasteiger partial charge >= 0.3 is 11.9 Å². The van der Waals surface area contributed by atoms with E-state index in [1.807, 2.05) is 27.7 Å². The maximum absolute atomic E-state index is 12.9. The van der Waals surface area contributed by atoms with Gasteiger partial charge in [-0.2, -0.15) is 0 Å². The third-order valence-corrected chi connectivity index (χ3v) is 18.0. The van der Waals surface area contributed by atoms with Crippen LogP contribution < -0.4 is 10.6 Å². The van der Waals surface area contributed by atoms with Crippen LogP contribution in [0.2, 0.25) is 0 Å². The van der Waals surface area contributed by atoms with Crippen molar-refractivity contribution in [1.29, 1.82) is 0 Å². The largest absolute Gasteiger partial charge is 0.508 e. The molecule has 2 saturated heterocycles. The van der Waals surface area contributed by atoms with Crippen LogP contribution in [-0.4, -0.2) is 201 Å². The van der Waals surface area contributed by atoms with Crippen LogP contribution in [0.5, 0.6) is 23.0 Å². The summed E-state index contributed by atoms with van der Waals surface area (Å²) in [7, 11) is 5.51. The molecule has 2 aromatic rings. The van der Waals surface area contributed by atoms with Crippen molar-refractivity contribution in [2.75, 3.05) is 28.4 Å². The highest BCUT2D eigenvalue weighted by molar-refractivity contribution is 5.97. The number of benzene rings is 2. The number of phenols is 4. The Kier molecular flexibility index (Phi) is 24.6. The van der Waals surface area contributed by atoms with Gasteiger partial charge in [-0.3, -0.25) is 9.59 Å². The van der Waals surface area contributed by atoms with Gasteiger partial charge in [-0.25, -0.2) is 9.59 Å². The molecule has 18 atom stereocenters. The number of hydrogen-bond acceptors (Lipinski definition) is 22. The summed E-state index contributed by atoms with van der Waals surface area (Å²) in [6.07, 6.45) is -13.8. The van der Waals surface area contributed by atoms with E-state index in [1.165, 1.54) is 28.4 Å². The number of fused-ring (bicyclic) bond motifs is 2.